The summed E-state index contributed by atoms with van der Waals surface area (Å²) in [4.78, 5) is 12.5. The molecule has 0 saturated carbocycles. The molecule has 138 valence electrons. The zero-order chi connectivity index (χ0) is 18.6. The Morgan fingerprint density at radius 1 is 1.15 bits per heavy atom. The van der Waals surface area contributed by atoms with Crippen molar-refractivity contribution in [3.8, 4) is 5.75 Å². The summed E-state index contributed by atoms with van der Waals surface area (Å²) >= 11 is 0. The van der Waals surface area contributed by atoms with Gasteiger partial charge in [0, 0.05) is 18.4 Å². The van der Waals surface area contributed by atoms with Crippen LogP contribution in [0, 0.1) is 5.82 Å². The molecule has 1 heterocycles. The van der Waals surface area contributed by atoms with Gasteiger partial charge in [0.25, 0.3) is 0 Å². The van der Waals surface area contributed by atoms with Gasteiger partial charge in [-0.2, -0.15) is 0 Å². The van der Waals surface area contributed by atoms with Gasteiger partial charge in [-0.15, -0.1) is 0 Å². The number of amides is 1. The number of carbonyl (C=O) groups excluding carboxylic acids is 1. The van der Waals surface area contributed by atoms with Crippen LogP contribution < -0.4 is 10.1 Å². The third-order valence-electron chi connectivity index (χ3n) is 5.37. The van der Waals surface area contributed by atoms with Crippen LogP contribution >= 0.6 is 0 Å². The van der Waals surface area contributed by atoms with Crippen LogP contribution in [-0.4, -0.2) is 11.5 Å². The Bertz CT molecular complexity index is 753. The van der Waals surface area contributed by atoms with Gasteiger partial charge < -0.3 is 10.1 Å². The van der Waals surface area contributed by atoms with Crippen molar-refractivity contribution in [2.45, 2.75) is 57.6 Å². The van der Waals surface area contributed by atoms with Crippen LogP contribution in [0.4, 0.5) is 4.39 Å². The fourth-order valence-corrected chi connectivity index (χ4v) is 3.61. The highest BCUT2D eigenvalue weighted by molar-refractivity contribution is 5.77. The molecule has 3 nitrogen and oxygen atoms in total. The van der Waals surface area contributed by atoms with E-state index in [0.717, 1.165) is 36.1 Å². The summed E-state index contributed by atoms with van der Waals surface area (Å²) in [5.74, 6) is 0.621. The first-order valence-electron chi connectivity index (χ1n) is 9.37. The van der Waals surface area contributed by atoms with E-state index in [2.05, 4.69) is 19.2 Å². The summed E-state index contributed by atoms with van der Waals surface area (Å²) in [6.07, 6.45) is 3.57. The molecule has 1 aliphatic heterocycles. The molecule has 0 aromatic heterocycles. The molecule has 1 aliphatic rings. The van der Waals surface area contributed by atoms with E-state index in [9.17, 15) is 9.18 Å². The number of rotatable bonds is 6. The second-order valence-corrected chi connectivity index (χ2v) is 6.98. The minimum Gasteiger partial charge on any atom is -0.487 e. The summed E-state index contributed by atoms with van der Waals surface area (Å²) in [7, 11) is 0. The van der Waals surface area contributed by atoms with Crippen LogP contribution in [-0.2, 0) is 11.2 Å². The predicted molar refractivity (Wildman–Crippen MR) is 101 cm³/mol. The van der Waals surface area contributed by atoms with E-state index in [-0.39, 0.29) is 23.4 Å². The van der Waals surface area contributed by atoms with Gasteiger partial charge in [0.2, 0.25) is 5.91 Å². The molecule has 1 N–H and O–H groups in total. The Labute approximate surface area is 154 Å². The Hall–Kier alpha value is -2.36. The van der Waals surface area contributed by atoms with E-state index in [1.165, 1.54) is 12.1 Å². The lowest BCUT2D eigenvalue weighted by molar-refractivity contribution is -0.122. The number of halogens is 1. The number of hydrogen-bond acceptors (Lipinski definition) is 2. The average Bonchev–Trinajstić information content (AvgIpc) is 2.67. The number of para-hydroxylation sites is 1. The van der Waals surface area contributed by atoms with Crippen LogP contribution in [0.25, 0.3) is 0 Å². The molecule has 2 aromatic carbocycles. The molecule has 0 spiro atoms. The average molecular weight is 355 g/mol. The molecule has 0 fully saturated rings. The first-order chi connectivity index (χ1) is 12.5. The molecule has 0 unspecified atom stereocenters. The molecular formula is C22H26FNO2. The Morgan fingerprint density at radius 3 is 2.54 bits per heavy atom. The summed E-state index contributed by atoms with van der Waals surface area (Å²) < 4.78 is 19.3. The smallest absolute Gasteiger partial charge is 0.220 e. The fraction of sp³-hybridized carbons (Fsp3) is 0.409. The first kappa shape index (κ1) is 18.4. The number of ether oxygens (including phenoxy) is 1. The Morgan fingerprint density at radius 2 is 1.85 bits per heavy atom. The summed E-state index contributed by atoms with van der Waals surface area (Å²) in [6.45, 7) is 4.26. The van der Waals surface area contributed by atoms with Gasteiger partial charge in [-0.05, 0) is 43.0 Å². The number of hydrogen-bond donors (Lipinski definition) is 1. The number of aryl methyl sites for hydroxylation is 1. The van der Waals surface area contributed by atoms with Gasteiger partial charge in [-0.1, -0.05) is 44.2 Å². The number of carbonyl (C=O) groups is 1. The van der Waals surface area contributed by atoms with Gasteiger partial charge in [-0.25, -0.2) is 4.39 Å². The maximum atomic E-state index is 13.0. The van der Waals surface area contributed by atoms with Gasteiger partial charge in [0.05, 0.1) is 6.04 Å². The van der Waals surface area contributed by atoms with E-state index in [0.29, 0.717) is 12.8 Å². The number of nitrogens with one attached hydrogen (secondary N) is 1. The second-order valence-electron chi connectivity index (χ2n) is 6.98. The zero-order valence-corrected chi connectivity index (χ0v) is 15.4. The van der Waals surface area contributed by atoms with Crippen LogP contribution in [0.2, 0.25) is 0 Å². The molecule has 1 atom stereocenters. The highest BCUT2D eigenvalue weighted by Gasteiger charge is 2.38. The quantitative estimate of drug-likeness (QED) is 0.795. The monoisotopic (exact) mass is 355 g/mol. The van der Waals surface area contributed by atoms with Gasteiger partial charge >= 0.3 is 0 Å². The fourth-order valence-electron chi connectivity index (χ4n) is 3.61. The van der Waals surface area contributed by atoms with E-state index in [4.69, 9.17) is 4.74 Å². The molecule has 4 heteroatoms. The predicted octanol–water partition coefficient (Wildman–Crippen LogP) is 4.96. The van der Waals surface area contributed by atoms with Gasteiger partial charge in [-0.3, -0.25) is 4.79 Å². The minimum absolute atomic E-state index is 0.0112. The van der Waals surface area contributed by atoms with Gasteiger partial charge in [0.1, 0.15) is 17.2 Å². The van der Waals surface area contributed by atoms with E-state index < -0.39 is 0 Å². The van der Waals surface area contributed by atoms with Crippen molar-refractivity contribution in [3.05, 3.63) is 65.5 Å². The highest BCUT2D eigenvalue weighted by Crippen LogP contribution is 2.42. The van der Waals surface area contributed by atoms with Crippen molar-refractivity contribution in [2.24, 2.45) is 0 Å². The molecule has 1 amide bonds. The van der Waals surface area contributed by atoms with Crippen molar-refractivity contribution < 1.29 is 13.9 Å². The summed E-state index contributed by atoms with van der Waals surface area (Å²) in [6, 6.07) is 14.2. The van der Waals surface area contributed by atoms with Crippen molar-refractivity contribution >= 4 is 5.91 Å². The summed E-state index contributed by atoms with van der Waals surface area (Å²) in [5.41, 5.74) is 1.77. The molecule has 3 rings (SSSR count). The van der Waals surface area contributed by atoms with Crippen LogP contribution in [0.1, 0.15) is 56.7 Å². The third kappa shape index (κ3) is 4.06. The molecule has 2 aromatic rings. The van der Waals surface area contributed by atoms with Crippen molar-refractivity contribution in [1.82, 2.24) is 5.32 Å². The van der Waals surface area contributed by atoms with Crippen LogP contribution in [0.15, 0.2) is 48.5 Å². The maximum absolute atomic E-state index is 13.0. The molecule has 0 aliphatic carbocycles. The minimum atomic E-state index is -0.257. The SMILES string of the molecule is CCC1(CC)C[C@@H](NC(=O)CCc2ccc(F)cc2)c2ccccc2O1. The lowest BCUT2D eigenvalue weighted by atomic mass is 9.83. The highest BCUT2D eigenvalue weighted by atomic mass is 19.1. The van der Waals surface area contributed by atoms with E-state index in [1.807, 2.05) is 24.3 Å². The Balaban J connectivity index is 1.69. The zero-order valence-electron chi connectivity index (χ0n) is 15.4. The third-order valence-corrected chi connectivity index (χ3v) is 5.37. The van der Waals surface area contributed by atoms with E-state index >= 15 is 0 Å². The number of fused-ring (bicyclic) bond motifs is 1. The Kier molecular flexibility index (Phi) is 5.60. The number of benzene rings is 2. The molecular weight excluding hydrogens is 329 g/mol. The molecule has 26 heavy (non-hydrogen) atoms. The normalized spacial score (nSPS) is 17.9. The maximum Gasteiger partial charge on any atom is 0.220 e. The van der Waals surface area contributed by atoms with Crippen molar-refractivity contribution in [3.63, 3.8) is 0 Å². The van der Waals surface area contributed by atoms with Crippen LogP contribution in [0.5, 0.6) is 5.75 Å². The molecule has 0 saturated heterocycles. The lowest BCUT2D eigenvalue weighted by Gasteiger charge is -2.41. The van der Waals surface area contributed by atoms with Crippen molar-refractivity contribution in [1.29, 1.82) is 0 Å². The standard InChI is InChI=1S/C22H26FNO2/c1-3-22(4-2)15-19(18-7-5-6-8-20(18)26-22)24-21(25)14-11-16-9-12-17(23)13-10-16/h5-10,12-13,19H,3-4,11,14-15H2,1-2H3,(H,24,25)/t19-/m1/s1. The topological polar surface area (TPSA) is 38.3 Å². The van der Waals surface area contributed by atoms with Crippen LogP contribution in [0.3, 0.4) is 0 Å². The van der Waals surface area contributed by atoms with E-state index in [1.54, 1.807) is 12.1 Å². The first-order valence-corrected chi connectivity index (χ1v) is 9.37. The largest absolute Gasteiger partial charge is 0.487 e. The van der Waals surface area contributed by atoms with Crippen molar-refractivity contribution in [2.75, 3.05) is 0 Å². The second kappa shape index (κ2) is 7.90. The summed E-state index contributed by atoms with van der Waals surface area (Å²) in [5, 5.41) is 3.19. The molecule has 0 radical (unpaired) electrons. The van der Waals surface area contributed by atoms with Gasteiger partial charge in [0.15, 0.2) is 0 Å². The lowest BCUT2D eigenvalue weighted by Crippen LogP contribution is -2.44. The molecule has 0 bridgehead atoms.